The second-order valence-electron chi connectivity index (χ2n) is 27.0. The molecule has 0 N–H and O–H groups in total. The third-order valence-corrected chi connectivity index (χ3v) is 20.5. The lowest BCUT2D eigenvalue weighted by molar-refractivity contribution is 0.204. The van der Waals surface area contributed by atoms with Crippen molar-refractivity contribution in [1.29, 1.82) is 0 Å². The fourth-order valence-corrected chi connectivity index (χ4v) is 15.2. The normalized spacial score (nSPS) is 17.3. The quantitative estimate of drug-likeness (QED) is 0.142. The number of rotatable bonds is 8. The van der Waals surface area contributed by atoms with Crippen molar-refractivity contribution < 1.29 is 75.8 Å². The molecule has 4 heterocycles. The SMILES string of the molecule is CCC1c2cc3c(cc2OC)OCCOc2ccccc2OCCc2cccc(c2)CCOc2ccccc2OCCOc2cc(OC)c(cc21)C(CC)c1cc2c(OC)cc1OCCOc1ccccc1OCCc1cccc(c1)CCOc1ccccc1OCCOc1cc(OC)c(cc1C2CC)C3CC. The summed E-state index contributed by atoms with van der Waals surface area (Å²) in [6, 6.07) is 65.6. The Balaban J connectivity index is 0.974. The first-order valence-electron chi connectivity index (χ1n) is 38.1. The molecular weight excluding hydrogens is 1360 g/mol. The molecule has 564 valence electrons. The summed E-state index contributed by atoms with van der Waals surface area (Å²) < 4.78 is 107. The summed E-state index contributed by atoms with van der Waals surface area (Å²) in [5.74, 6) is 8.82. The van der Waals surface area contributed by atoms with Gasteiger partial charge in [0.15, 0.2) is 46.0 Å². The standard InChI is InChI=1S/C92H100O16/c1-9-65-69-53-75-68(12-4)72-56-74-66(10-2)70-54-76(92(58-86(70)94-6)108-50-46-104-84-34-20-16-30-80(84)100-42-38-64-26-22-24-62(52-64)36-40-98-78-28-14-18-32-82(78)102-44-48-106-90(74)60-88(72)96-8)67(11-3)71-55-73(65)89(59-87(71)95-7)105-47-43-101-81-31-17-13-27-77(81)97-39-35-61-23-21-25-63(51-61)37-41-99-79-29-15-19-33-83(79)103-45-49-107-91(75)57-85(69)93-5/h13-34,51-60,65-68H,9-12,35-50H2,1-8H3. The average Bonchev–Trinajstić information content (AvgIpc) is 0.749. The number of fused-ring (bicyclic) bond motifs is 24. The maximum Gasteiger partial charge on any atom is 0.161 e. The Labute approximate surface area is 635 Å². The molecule has 10 aromatic carbocycles. The van der Waals surface area contributed by atoms with Crippen LogP contribution in [0.25, 0.3) is 0 Å². The molecular formula is C92H100O16. The Bertz CT molecular complexity index is 4220. The van der Waals surface area contributed by atoms with Crippen LogP contribution in [-0.2, 0) is 25.7 Å². The van der Waals surface area contributed by atoms with Gasteiger partial charge in [0.1, 0.15) is 98.9 Å². The lowest BCUT2D eigenvalue weighted by Crippen LogP contribution is -2.17. The van der Waals surface area contributed by atoms with Gasteiger partial charge in [-0.25, -0.2) is 0 Å². The molecule has 4 aliphatic heterocycles. The van der Waals surface area contributed by atoms with Gasteiger partial charge in [0.05, 0.1) is 54.9 Å². The van der Waals surface area contributed by atoms with Crippen molar-refractivity contribution in [3.05, 3.63) is 261 Å². The second kappa shape index (κ2) is 37.0. The molecule has 0 aromatic heterocycles. The van der Waals surface area contributed by atoms with Gasteiger partial charge in [0.25, 0.3) is 0 Å². The highest BCUT2D eigenvalue weighted by Gasteiger charge is 2.35. The zero-order valence-corrected chi connectivity index (χ0v) is 63.5. The Kier molecular flexibility index (Phi) is 25.8. The molecule has 4 atom stereocenters. The molecule has 16 heteroatoms. The van der Waals surface area contributed by atoms with Gasteiger partial charge in [-0.2, -0.15) is 0 Å². The minimum atomic E-state index is -0.331. The van der Waals surface area contributed by atoms with Gasteiger partial charge in [0.2, 0.25) is 0 Å². The summed E-state index contributed by atoms with van der Waals surface area (Å²) in [5.41, 5.74) is 12.1. The van der Waals surface area contributed by atoms with Gasteiger partial charge in [-0.1, -0.05) is 125 Å². The van der Waals surface area contributed by atoms with Crippen LogP contribution < -0.4 is 75.8 Å². The fraction of sp³-hybridized carbons (Fsp3) is 0.348. The minimum absolute atomic E-state index is 0.191. The van der Waals surface area contributed by atoms with Crippen LogP contribution >= 0.6 is 0 Å². The molecule has 14 bridgehead atoms. The number of benzene rings is 10. The van der Waals surface area contributed by atoms with Crippen LogP contribution in [0.5, 0.6) is 92.0 Å². The molecule has 108 heavy (non-hydrogen) atoms. The molecule has 0 spiro atoms. The van der Waals surface area contributed by atoms with Gasteiger partial charge in [-0.15, -0.1) is 0 Å². The number of hydrogen-bond acceptors (Lipinski definition) is 16. The highest BCUT2D eigenvalue weighted by molar-refractivity contribution is 5.64. The van der Waals surface area contributed by atoms with Crippen molar-refractivity contribution in [2.24, 2.45) is 0 Å². The van der Waals surface area contributed by atoms with Crippen LogP contribution in [0.15, 0.2) is 194 Å². The van der Waals surface area contributed by atoms with E-state index in [1.807, 2.05) is 121 Å². The van der Waals surface area contributed by atoms with Crippen LogP contribution in [-0.4, -0.2) is 108 Å². The van der Waals surface area contributed by atoms with E-state index in [-0.39, 0.29) is 76.5 Å². The maximum atomic E-state index is 7.10. The highest BCUT2D eigenvalue weighted by Crippen LogP contribution is 2.53. The third kappa shape index (κ3) is 17.8. The van der Waals surface area contributed by atoms with Crippen LogP contribution in [0.4, 0.5) is 0 Å². The van der Waals surface area contributed by atoms with Gasteiger partial charge < -0.3 is 75.8 Å². The van der Waals surface area contributed by atoms with Crippen LogP contribution in [0, 0.1) is 0 Å². The molecule has 4 unspecified atom stereocenters. The lowest BCUT2D eigenvalue weighted by Gasteiger charge is -2.31. The zero-order chi connectivity index (χ0) is 74.6. The molecule has 10 aromatic rings. The third-order valence-electron chi connectivity index (χ3n) is 20.5. The first-order chi connectivity index (χ1) is 53.2. The average molecular weight is 1460 g/mol. The minimum Gasteiger partial charge on any atom is -0.496 e. The number of hydrogen-bond donors (Lipinski definition) is 0. The predicted octanol–water partition coefficient (Wildman–Crippen LogP) is 19.1. The van der Waals surface area contributed by atoms with E-state index in [4.69, 9.17) is 75.8 Å². The van der Waals surface area contributed by atoms with Crippen LogP contribution in [0.2, 0.25) is 0 Å². The van der Waals surface area contributed by atoms with Crippen LogP contribution in [0.1, 0.15) is 144 Å². The number of ether oxygens (including phenoxy) is 16. The van der Waals surface area contributed by atoms with Crippen molar-refractivity contribution in [2.75, 3.05) is 108 Å². The first kappa shape index (κ1) is 75.2. The van der Waals surface area contributed by atoms with E-state index in [1.54, 1.807) is 28.4 Å². The fourth-order valence-electron chi connectivity index (χ4n) is 15.2. The van der Waals surface area contributed by atoms with E-state index < -0.39 is 0 Å². The molecule has 0 fully saturated rings. The predicted molar refractivity (Wildman–Crippen MR) is 420 cm³/mol. The van der Waals surface area contributed by atoms with E-state index in [9.17, 15) is 0 Å². The van der Waals surface area contributed by atoms with Crippen molar-refractivity contribution in [2.45, 2.75) is 103 Å². The summed E-state index contributed by atoms with van der Waals surface area (Å²) in [5, 5.41) is 0. The van der Waals surface area contributed by atoms with Crippen molar-refractivity contribution >= 4 is 0 Å². The van der Waals surface area contributed by atoms with Crippen LogP contribution in [0.3, 0.4) is 0 Å². The Morgan fingerprint density at radius 2 is 0.398 bits per heavy atom. The Morgan fingerprint density at radius 3 is 0.583 bits per heavy atom. The van der Waals surface area contributed by atoms with Crippen molar-refractivity contribution in [1.82, 2.24) is 0 Å². The first-order valence-corrected chi connectivity index (χ1v) is 38.1. The van der Waals surface area contributed by atoms with E-state index in [0.29, 0.717) is 170 Å². The monoisotopic (exact) mass is 1460 g/mol. The highest BCUT2D eigenvalue weighted by atomic mass is 16.6. The largest absolute Gasteiger partial charge is 0.496 e. The van der Waals surface area contributed by atoms with E-state index in [1.165, 1.54) is 0 Å². The molecule has 0 amide bonds. The lowest BCUT2D eigenvalue weighted by atomic mass is 9.77. The number of methoxy groups -OCH3 is 4. The molecule has 0 saturated heterocycles. The molecule has 0 radical (unpaired) electrons. The van der Waals surface area contributed by atoms with E-state index in [0.717, 1.165) is 66.8 Å². The molecule has 16 nitrogen and oxygen atoms in total. The summed E-state index contributed by atoms with van der Waals surface area (Å²) in [6.07, 6.45) is 5.32. The molecule has 15 rings (SSSR count). The maximum absolute atomic E-state index is 7.10. The topological polar surface area (TPSA) is 148 Å². The van der Waals surface area contributed by atoms with Gasteiger partial charge in [-0.3, -0.25) is 0 Å². The van der Waals surface area contributed by atoms with Gasteiger partial charge >= 0.3 is 0 Å². The van der Waals surface area contributed by atoms with Gasteiger partial charge in [0, 0.05) is 118 Å². The number of para-hydroxylation sites is 8. The molecule has 0 saturated carbocycles. The second-order valence-corrected chi connectivity index (χ2v) is 27.0. The summed E-state index contributed by atoms with van der Waals surface area (Å²) in [7, 11) is 6.88. The van der Waals surface area contributed by atoms with E-state index >= 15 is 0 Å². The van der Waals surface area contributed by atoms with Crippen molar-refractivity contribution in [3.8, 4) is 92.0 Å². The Morgan fingerprint density at radius 1 is 0.213 bits per heavy atom. The summed E-state index contributed by atoms with van der Waals surface area (Å²) in [6.45, 7) is 12.2. The molecule has 1 aliphatic carbocycles. The van der Waals surface area contributed by atoms with Gasteiger partial charge in [-0.05, 0) is 121 Å². The van der Waals surface area contributed by atoms with E-state index in [2.05, 4.69) is 100 Å². The summed E-state index contributed by atoms with van der Waals surface area (Å²) in [4.78, 5) is 0. The Hall–Kier alpha value is -11.0. The van der Waals surface area contributed by atoms with Crippen molar-refractivity contribution in [3.63, 3.8) is 0 Å². The molecule has 5 aliphatic rings. The zero-order valence-electron chi connectivity index (χ0n) is 63.5. The smallest absolute Gasteiger partial charge is 0.161 e. The summed E-state index contributed by atoms with van der Waals surface area (Å²) >= 11 is 0.